The normalized spacial score (nSPS) is 22.1. The van der Waals surface area contributed by atoms with E-state index in [-0.39, 0.29) is 5.92 Å². The summed E-state index contributed by atoms with van der Waals surface area (Å²) in [4.78, 5) is 12.8. The molecule has 0 bridgehead atoms. The average Bonchev–Trinajstić information content (AvgIpc) is 2.76. The van der Waals surface area contributed by atoms with Gasteiger partial charge in [0.2, 0.25) is 0 Å². The van der Waals surface area contributed by atoms with Crippen LogP contribution in [0.25, 0.3) is 0 Å². The summed E-state index contributed by atoms with van der Waals surface area (Å²) >= 11 is 0. The molecule has 1 aromatic heterocycles. The summed E-state index contributed by atoms with van der Waals surface area (Å²) in [6, 6.07) is 0. The van der Waals surface area contributed by atoms with Gasteiger partial charge in [0.05, 0.1) is 11.6 Å². The zero-order chi connectivity index (χ0) is 10.8. The Bertz CT molecular complexity index is 363. The second-order valence-electron chi connectivity index (χ2n) is 3.94. The van der Waals surface area contributed by atoms with Crippen LogP contribution in [0.2, 0.25) is 0 Å². The largest absolute Gasteiger partial charge is 0.481 e. The van der Waals surface area contributed by atoms with Crippen LogP contribution in [-0.2, 0) is 18.4 Å². The Morgan fingerprint density at radius 3 is 3.07 bits per heavy atom. The van der Waals surface area contributed by atoms with Crippen molar-refractivity contribution in [3.63, 3.8) is 0 Å². The lowest BCUT2D eigenvalue weighted by molar-refractivity contribution is -0.141. The zero-order valence-corrected chi connectivity index (χ0v) is 8.63. The first kappa shape index (κ1) is 10.1. The maximum atomic E-state index is 10.7. The highest BCUT2D eigenvalue weighted by Gasteiger charge is 2.28. The highest BCUT2D eigenvalue weighted by atomic mass is 16.4. The SMILES string of the molecule is Cn1cc(CN2CCC(C(=O)O)C2)nn1. The van der Waals surface area contributed by atoms with Gasteiger partial charge in [0.1, 0.15) is 0 Å². The van der Waals surface area contributed by atoms with Gasteiger partial charge in [0, 0.05) is 26.3 Å². The lowest BCUT2D eigenvalue weighted by atomic mass is 10.1. The second kappa shape index (κ2) is 3.98. The van der Waals surface area contributed by atoms with Crippen molar-refractivity contribution in [3.05, 3.63) is 11.9 Å². The molecule has 1 aliphatic rings. The Balaban J connectivity index is 1.90. The lowest BCUT2D eigenvalue weighted by Crippen LogP contribution is -2.22. The number of rotatable bonds is 3. The monoisotopic (exact) mass is 210 g/mol. The molecule has 0 aliphatic carbocycles. The second-order valence-corrected chi connectivity index (χ2v) is 3.94. The molecule has 1 fully saturated rings. The van der Waals surface area contributed by atoms with Crippen molar-refractivity contribution >= 4 is 5.97 Å². The van der Waals surface area contributed by atoms with Crippen LogP contribution >= 0.6 is 0 Å². The molecule has 1 N–H and O–H groups in total. The van der Waals surface area contributed by atoms with Gasteiger partial charge in [-0.2, -0.15) is 0 Å². The Morgan fingerprint density at radius 2 is 2.53 bits per heavy atom. The topological polar surface area (TPSA) is 71.2 Å². The van der Waals surface area contributed by atoms with Crippen LogP contribution in [0.3, 0.4) is 0 Å². The first-order chi connectivity index (χ1) is 7.15. The molecule has 0 spiro atoms. The third-order valence-electron chi connectivity index (χ3n) is 2.66. The van der Waals surface area contributed by atoms with E-state index in [1.165, 1.54) is 0 Å². The summed E-state index contributed by atoms with van der Waals surface area (Å²) < 4.78 is 1.65. The first-order valence-electron chi connectivity index (χ1n) is 4.95. The van der Waals surface area contributed by atoms with Crippen LogP contribution in [0.15, 0.2) is 6.20 Å². The van der Waals surface area contributed by atoms with Gasteiger partial charge in [-0.1, -0.05) is 5.21 Å². The molecule has 2 rings (SSSR count). The third kappa shape index (κ3) is 2.33. The van der Waals surface area contributed by atoms with Crippen molar-refractivity contribution < 1.29 is 9.90 Å². The van der Waals surface area contributed by atoms with Crippen molar-refractivity contribution in [2.24, 2.45) is 13.0 Å². The van der Waals surface area contributed by atoms with E-state index in [2.05, 4.69) is 15.2 Å². The van der Waals surface area contributed by atoms with Crippen LogP contribution in [0, 0.1) is 5.92 Å². The fourth-order valence-corrected chi connectivity index (χ4v) is 1.87. The van der Waals surface area contributed by atoms with E-state index in [1.54, 1.807) is 4.68 Å². The van der Waals surface area contributed by atoms with Crippen LogP contribution in [0.5, 0.6) is 0 Å². The minimum absolute atomic E-state index is 0.221. The number of aliphatic carboxylic acids is 1. The van der Waals surface area contributed by atoms with Gasteiger partial charge in [0.15, 0.2) is 0 Å². The number of aromatic nitrogens is 3. The number of hydrogen-bond donors (Lipinski definition) is 1. The molecular weight excluding hydrogens is 196 g/mol. The Labute approximate surface area is 87.5 Å². The first-order valence-corrected chi connectivity index (χ1v) is 4.95. The highest BCUT2D eigenvalue weighted by molar-refractivity contribution is 5.70. The van der Waals surface area contributed by atoms with Crippen molar-refractivity contribution in [1.29, 1.82) is 0 Å². The van der Waals surface area contributed by atoms with Crippen LogP contribution in [0.1, 0.15) is 12.1 Å². The van der Waals surface area contributed by atoms with Gasteiger partial charge >= 0.3 is 5.97 Å². The van der Waals surface area contributed by atoms with Crippen LogP contribution < -0.4 is 0 Å². The molecule has 1 atom stereocenters. The van der Waals surface area contributed by atoms with E-state index in [1.807, 2.05) is 13.2 Å². The van der Waals surface area contributed by atoms with E-state index in [9.17, 15) is 4.79 Å². The predicted molar refractivity (Wildman–Crippen MR) is 52.0 cm³/mol. The summed E-state index contributed by atoms with van der Waals surface area (Å²) in [5.41, 5.74) is 0.892. The summed E-state index contributed by atoms with van der Waals surface area (Å²) in [5.74, 6) is -0.918. The molecule has 1 saturated heterocycles. The minimum atomic E-state index is -0.698. The van der Waals surface area contributed by atoms with Crippen molar-refractivity contribution in [1.82, 2.24) is 19.9 Å². The number of aryl methyl sites for hydroxylation is 1. The fourth-order valence-electron chi connectivity index (χ4n) is 1.87. The van der Waals surface area contributed by atoms with Crippen LogP contribution in [-0.4, -0.2) is 44.1 Å². The standard InChI is InChI=1S/C9H14N4O2/c1-12-5-8(10-11-12)6-13-3-2-7(4-13)9(14)15/h5,7H,2-4,6H2,1H3,(H,14,15). The van der Waals surface area contributed by atoms with Gasteiger partial charge in [-0.25, -0.2) is 0 Å². The Hall–Kier alpha value is -1.43. The van der Waals surface area contributed by atoms with Gasteiger partial charge in [0.25, 0.3) is 0 Å². The molecule has 82 valence electrons. The maximum absolute atomic E-state index is 10.7. The molecule has 2 heterocycles. The fraction of sp³-hybridized carbons (Fsp3) is 0.667. The molecule has 1 unspecified atom stereocenters. The molecule has 1 aliphatic heterocycles. The van der Waals surface area contributed by atoms with E-state index in [4.69, 9.17) is 5.11 Å². The van der Waals surface area contributed by atoms with Gasteiger partial charge in [-0.15, -0.1) is 5.10 Å². The van der Waals surface area contributed by atoms with Crippen molar-refractivity contribution in [2.75, 3.05) is 13.1 Å². The highest BCUT2D eigenvalue weighted by Crippen LogP contribution is 2.17. The van der Waals surface area contributed by atoms with Crippen LogP contribution in [0.4, 0.5) is 0 Å². The Morgan fingerprint density at radius 1 is 1.73 bits per heavy atom. The third-order valence-corrected chi connectivity index (χ3v) is 2.66. The van der Waals surface area contributed by atoms with Crippen molar-refractivity contribution in [2.45, 2.75) is 13.0 Å². The van der Waals surface area contributed by atoms with Gasteiger partial charge < -0.3 is 5.11 Å². The molecule has 0 saturated carbocycles. The van der Waals surface area contributed by atoms with E-state index in [0.717, 1.165) is 18.7 Å². The van der Waals surface area contributed by atoms with E-state index in [0.29, 0.717) is 13.1 Å². The zero-order valence-electron chi connectivity index (χ0n) is 8.63. The summed E-state index contributed by atoms with van der Waals surface area (Å²) in [7, 11) is 1.82. The summed E-state index contributed by atoms with van der Waals surface area (Å²) in [6.45, 7) is 2.14. The smallest absolute Gasteiger partial charge is 0.307 e. The molecular formula is C9H14N4O2. The molecule has 0 amide bonds. The maximum Gasteiger partial charge on any atom is 0.307 e. The Kier molecular flexibility index (Phi) is 2.68. The molecule has 0 aromatic carbocycles. The number of likely N-dealkylation sites (tertiary alicyclic amines) is 1. The van der Waals surface area contributed by atoms with E-state index >= 15 is 0 Å². The van der Waals surface area contributed by atoms with Gasteiger partial charge in [-0.05, 0) is 13.0 Å². The molecule has 6 nitrogen and oxygen atoms in total. The minimum Gasteiger partial charge on any atom is -0.481 e. The molecule has 1 aromatic rings. The lowest BCUT2D eigenvalue weighted by Gasteiger charge is -2.12. The quantitative estimate of drug-likeness (QED) is 0.743. The van der Waals surface area contributed by atoms with E-state index < -0.39 is 5.97 Å². The van der Waals surface area contributed by atoms with Crippen molar-refractivity contribution in [3.8, 4) is 0 Å². The number of nitrogens with zero attached hydrogens (tertiary/aromatic N) is 4. The predicted octanol–water partition coefficient (Wildman–Crippen LogP) is -0.278. The summed E-state index contributed by atoms with van der Waals surface area (Å²) in [5, 5.41) is 16.7. The number of carboxylic acid groups (broad SMARTS) is 1. The number of hydrogen-bond acceptors (Lipinski definition) is 4. The average molecular weight is 210 g/mol. The number of carbonyl (C=O) groups is 1. The van der Waals surface area contributed by atoms with Gasteiger partial charge in [-0.3, -0.25) is 14.4 Å². The molecule has 6 heteroatoms. The molecule has 15 heavy (non-hydrogen) atoms. The molecule has 0 radical (unpaired) electrons. The summed E-state index contributed by atoms with van der Waals surface area (Å²) in [6.07, 6.45) is 2.59. The number of carboxylic acids is 1.